The lowest BCUT2D eigenvalue weighted by atomic mass is 10.0. The van der Waals surface area contributed by atoms with E-state index >= 15 is 0 Å². The van der Waals surface area contributed by atoms with Crippen LogP contribution < -0.4 is 15.8 Å². The Hall–Kier alpha value is -1.68. The lowest BCUT2D eigenvalue weighted by molar-refractivity contribution is -0.124. The molecule has 1 saturated heterocycles. The number of hydrogen-bond acceptors (Lipinski definition) is 6. The van der Waals surface area contributed by atoms with Gasteiger partial charge in [-0.2, -0.15) is 4.31 Å². The van der Waals surface area contributed by atoms with E-state index < -0.39 is 28.2 Å². The Morgan fingerprint density at radius 3 is 2.57 bits per heavy atom. The maximum absolute atomic E-state index is 12.9. The number of carbonyl (C=O) groups excluding carboxylic acids is 1. The van der Waals surface area contributed by atoms with Gasteiger partial charge < -0.3 is 20.9 Å². The summed E-state index contributed by atoms with van der Waals surface area (Å²) in [6.45, 7) is 4.15. The molecule has 0 aromatic heterocycles. The molecule has 1 heterocycles. The van der Waals surface area contributed by atoms with Crippen LogP contribution in [0.5, 0.6) is 5.75 Å². The zero-order valence-electron chi connectivity index (χ0n) is 16.7. The smallest absolute Gasteiger partial charge is 0.243 e. The molecule has 1 aromatic rings. The van der Waals surface area contributed by atoms with Gasteiger partial charge in [0.2, 0.25) is 15.9 Å². The summed E-state index contributed by atoms with van der Waals surface area (Å²) in [6, 6.07) is 4.96. The fourth-order valence-electron chi connectivity index (χ4n) is 3.30. The Bertz CT molecular complexity index is 751. The van der Waals surface area contributed by atoms with Crippen LogP contribution in [0.3, 0.4) is 0 Å². The fourth-order valence-corrected chi connectivity index (χ4v) is 4.79. The molecule has 1 amide bonds. The van der Waals surface area contributed by atoms with E-state index in [1.165, 1.54) is 23.5 Å². The third kappa shape index (κ3) is 5.66. The first-order valence-electron chi connectivity index (χ1n) is 9.53. The quantitative estimate of drug-likeness (QED) is 0.605. The Morgan fingerprint density at radius 1 is 1.36 bits per heavy atom. The first-order chi connectivity index (χ1) is 13.1. The largest absolute Gasteiger partial charge is 0.497 e. The van der Waals surface area contributed by atoms with Crippen molar-refractivity contribution in [2.24, 2.45) is 11.7 Å². The number of sulfonamides is 1. The molecule has 0 saturated carbocycles. The van der Waals surface area contributed by atoms with Crippen LogP contribution in [0.2, 0.25) is 0 Å². The summed E-state index contributed by atoms with van der Waals surface area (Å²) in [5.74, 6) is 0.532. The minimum Gasteiger partial charge on any atom is -0.497 e. The van der Waals surface area contributed by atoms with Gasteiger partial charge in [0, 0.05) is 13.1 Å². The number of carbonyl (C=O) groups is 1. The van der Waals surface area contributed by atoms with Crippen LogP contribution in [0.4, 0.5) is 0 Å². The van der Waals surface area contributed by atoms with Crippen LogP contribution >= 0.6 is 0 Å². The number of β-amino-alcohol motifs (C(OH)–C–C–N with tert-alkyl or cyclic N) is 1. The van der Waals surface area contributed by atoms with Crippen molar-refractivity contribution >= 4 is 15.9 Å². The number of methoxy groups -OCH3 is 1. The number of hydrogen-bond donors (Lipinski definition) is 3. The highest BCUT2D eigenvalue weighted by atomic mass is 32.2. The monoisotopic (exact) mass is 413 g/mol. The third-order valence-electron chi connectivity index (χ3n) is 4.86. The normalized spacial score (nSPS) is 22.5. The summed E-state index contributed by atoms with van der Waals surface area (Å²) in [6.07, 6.45) is 0.546. The lowest BCUT2D eigenvalue weighted by Crippen LogP contribution is -2.51. The third-order valence-corrected chi connectivity index (χ3v) is 6.74. The summed E-state index contributed by atoms with van der Waals surface area (Å²) in [4.78, 5) is 12.4. The number of aliphatic hydroxyl groups is 1. The minimum atomic E-state index is -3.75. The summed E-state index contributed by atoms with van der Waals surface area (Å²) in [7, 11) is -2.24. The number of amides is 1. The molecule has 28 heavy (non-hydrogen) atoms. The highest BCUT2D eigenvalue weighted by Gasteiger charge is 2.33. The second-order valence-electron chi connectivity index (χ2n) is 7.60. The van der Waals surface area contributed by atoms with Crippen molar-refractivity contribution in [3.63, 3.8) is 0 Å². The zero-order valence-corrected chi connectivity index (χ0v) is 17.5. The number of aliphatic hydroxyl groups excluding tert-OH is 1. The van der Waals surface area contributed by atoms with Gasteiger partial charge in [0.15, 0.2) is 0 Å². The van der Waals surface area contributed by atoms with Gasteiger partial charge in [0.05, 0.1) is 30.2 Å². The highest BCUT2D eigenvalue weighted by molar-refractivity contribution is 7.89. The molecule has 0 aliphatic carbocycles. The Morgan fingerprint density at radius 2 is 2.00 bits per heavy atom. The molecule has 3 atom stereocenters. The van der Waals surface area contributed by atoms with Gasteiger partial charge in [0.25, 0.3) is 0 Å². The maximum atomic E-state index is 12.9. The standard InChI is InChI=1S/C19H31N3O5S/c1-13(2)11-16(20)19(24)21-17-5-4-10-22(12-18(17)23)28(25,26)15-8-6-14(27-3)7-9-15/h6-9,13,16-18,23H,4-5,10-12,20H2,1-3H3,(H,21,24)/t16?,17?,18-/m0/s1. The van der Waals surface area contributed by atoms with Gasteiger partial charge in [0.1, 0.15) is 5.75 Å². The van der Waals surface area contributed by atoms with Crippen LogP contribution in [-0.4, -0.2) is 62.1 Å². The van der Waals surface area contributed by atoms with Crippen molar-refractivity contribution in [2.45, 2.75) is 56.2 Å². The predicted octanol–water partition coefficient (Wildman–Crippen LogP) is 0.699. The number of nitrogens with one attached hydrogen (secondary N) is 1. The van der Waals surface area contributed by atoms with Gasteiger partial charge in [-0.1, -0.05) is 13.8 Å². The molecule has 1 fully saturated rings. The molecule has 8 nitrogen and oxygen atoms in total. The summed E-state index contributed by atoms with van der Waals surface area (Å²) in [5, 5.41) is 13.3. The molecular formula is C19H31N3O5S. The van der Waals surface area contributed by atoms with E-state index in [4.69, 9.17) is 10.5 Å². The second kappa shape index (κ2) is 9.69. The second-order valence-corrected chi connectivity index (χ2v) is 9.54. The average Bonchev–Trinajstić information content (AvgIpc) is 2.83. The molecule has 1 aromatic carbocycles. The van der Waals surface area contributed by atoms with Crippen molar-refractivity contribution in [3.05, 3.63) is 24.3 Å². The van der Waals surface area contributed by atoms with Crippen molar-refractivity contribution in [3.8, 4) is 5.75 Å². The molecular weight excluding hydrogens is 382 g/mol. The minimum absolute atomic E-state index is 0.0846. The number of benzene rings is 1. The summed E-state index contributed by atoms with van der Waals surface area (Å²) < 4.78 is 32.1. The van der Waals surface area contributed by atoms with Crippen molar-refractivity contribution in [1.29, 1.82) is 0 Å². The van der Waals surface area contributed by atoms with Crippen LogP contribution in [0.15, 0.2) is 29.2 Å². The number of rotatable bonds is 7. The highest BCUT2D eigenvalue weighted by Crippen LogP contribution is 2.23. The summed E-state index contributed by atoms with van der Waals surface area (Å²) in [5.41, 5.74) is 5.91. The predicted molar refractivity (Wildman–Crippen MR) is 106 cm³/mol. The SMILES string of the molecule is COc1ccc(S(=O)(=O)N2CCCC(NC(=O)C(N)CC(C)C)[C@@H](O)C2)cc1. The first-order valence-corrected chi connectivity index (χ1v) is 11.0. The lowest BCUT2D eigenvalue weighted by Gasteiger charge is -2.26. The Balaban J connectivity index is 2.06. The Labute approximate surface area is 167 Å². The van der Waals surface area contributed by atoms with Gasteiger partial charge in [-0.25, -0.2) is 8.42 Å². The van der Waals surface area contributed by atoms with Crippen LogP contribution in [0.25, 0.3) is 0 Å². The molecule has 0 radical (unpaired) electrons. The zero-order chi connectivity index (χ0) is 20.9. The van der Waals surface area contributed by atoms with Crippen molar-refractivity contribution in [2.75, 3.05) is 20.2 Å². The van der Waals surface area contributed by atoms with E-state index in [-0.39, 0.29) is 29.8 Å². The Kier molecular flexibility index (Phi) is 7.82. The van der Waals surface area contributed by atoms with E-state index in [1.807, 2.05) is 13.8 Å². The molecule has 1 aliphatic rings. The van der Waals surface area contributed by atoms with Gasteiger partial charge >= 0.3 is 0 Å². The molecule has 2 unspecified atom stereocenters. The topological polar surface area (TPSA) is 122 Å². The number of nitrogens with two attached hydrogens (primary N) is 1. The molecule has 2 rings (SSSR count). The molecule has 0 spiro atoms. The molecule has 0 bridgehead atoms. The first kappa shape index (κ1) is 22.6. The van der Waals surface area contributed by atoms with Crippen LogP contribution in [0.1, 0.15) is 33.1 Å². The van der Waals surface area contributed by atoms with Crippen molar-refractivity contribution in [1.82, 2.24) is 9.62 Å². The number of nitrogens with zero attached hydrogens (tertiary/aromatic N) is 1. The van der Waals surface area contributed by atoms with E-state index in [0.717, 1.165) is 0 Å². The molecule has 158 valence electrons. The fraction of sp³-hybridized carbons (Fsp3) is 0.632. The molecule has 9 heteroatoms. The van der Waals surface area contributed by atoms with Crippen LogP contribution in [-0.2, 0) is 14.8 Å². The van der Waals surface area contributed by atoms with E-state index in [9.17, 15) is 18.3 Å². The number of ether oxygens (including phenoxy) is 1. The van der Waals surface area contributed by atoms with Gasteiger partial charge in [-0.3, -0.25) is 4.79 Å². The van der Waals surface area contributed by atoms with Gasteiger partial charge in [-0.05, 0) is 49.4 Å². The van der Waals surface area contributed by atoms with E-state index in [0.29, 0.717) is 25.0 Å². The van der Waals surface area contributed by atoms with Crippen LogP contribution in [0, 0.1) is 5.92 Å². The van der Waals surface area contributed by atoms with Gasteiger partial charge in [-0.15, -0.1) is 0 Å². The van der Waals surface area contributed by atoms with E-state index in [1.54, 1.807) is 12.1 Å². The maximum Gasteiger partial charge on any atom is 0.243 e. The average molecular weight is 414 g/mol. The molecule has 1 aliphatic heterocycles. The van der Waals surface area contributed by atoms with Crippen molar-refractivity contribution < 1.29 is 23.1 Å². The summed E-state index contributed by atoms with van der Waals surface area (Å²) >= 11 is 0. The molecule has 4 N–H and O–H groups in total. The van der Waals surface area contributed by atoms with E-state index in [2.05, 4.69) is 5.32 Å².